The van der Waals surface area contributed by atoms with Gasteiger partial charge in [-0.3, -0.25) is 0 Å². The Morgan fingerprint density at radius 3 is 1.49 bits per heavy atom. The summed E-state index contributed by atoms with van der Waals surface area (Å²) in [5, 5.41) is 28.5. The van der Waals surface area contributed by atoms with E-state index in [1.54, 1.807) is 12.1 Å². The zero-order valence-corrected chi connectivity index (χ0v) is 28.2. The molecular weight excluding hydrogens is 661 g/mol. The van der Waals surface area contributed by atoms with Gasteiger partial charge in [-0.15, -0.1) is 0 Å². The molecule has 6 heteroatoms. The minimum atomic E-state index is -1.35. The standard InChI is InChI=1S/C20H13Cl.C14H9Br.C7H9BO2.B/c21-18-11-9-14(10-12-18)17-8-7-16-6-5-15-3-1-2-4-19(15)20(16)13-17;15-12-8-7-11-6-5-10-3-1-2-4-13(10)14(11)9-12;1-6-2-4-7(5-3-6)8(9)10;/h1-13H;1-9H;2-5,9-10H,1H3;. The van der Waals surface area contributed by atoms with Crippen LogP contribution in [0.4, 0.5) is 0 Å². The van der Waals surface area contributed by atoms with Gasteiger partial charge in [-0.25, -0.2) is 0 Å². The lowest BCUT2D eigenvalue weighted by atomic mass is 9.80. The molecule has 47 heavy (non-hydrogen) atoms. The first-order chi connectivity index (χ1) is 22.4. The van der Waals surface area contributed by atoms with Crippen molar-refractivity contribution in [3.05, 3.63) is 173 Å². The van der Waals surface area contributed by atoms with E-state index < -0.39 is 7.12 Å². The van der Waals surface area contributed by atoms with Crippen molar-refractivity contribution in [3.8, 4) is 11.1 Å². The lowest BCUT2D eigenvalue weighted by Gasteiger charge is -2.07. The van der Waals surface area contributed by atoms with Gasteiger partial charge in [0, 0.05) is 17.9 Å². The first-order valence-corrected chi connectivity index (χ1v) is 16.2. The Morgan fingerprint density at radius 1 is 0.489 bits per heavy atom. The van der Waals surface area contributed by atoms with Gasteiger partial charge in [0.25, 0.3) is 0 Å². The van der Waals surface area contributed by atoms with E-state index in [1.807, 2.05) is 31.2 Å². The van der Waals surface area contributed by atoms with Crippen LogP contribution in [-0.4, -0.2) is 25.6 Å². The van der Waals surface area contributed by atoms with E-state index in [0.717, 1.165) is 15.1 Å². The van der Waals surface area contributed by atoms with Gasteiger partial charge in [-0.05, 0) is 96.9 Å². The fourth-order valence-corrected chi connectivity index (χ4v) is 6.02. The number of halogens is 2. The Bertz CT molecular complexity index is 2270. The van der Waals surface area contributed by atoms with Gasteiger partial charge in [0.15, 0.2) is 0 Å². The lowest BCUT2D eigenvalue weighted by Crippen LogP contribution is -2.29. The van der Waals surface area contributed by atoms with Crippen LogP contribution in [0.15, 0.2) is 162 Å². The van der Waals surface area contributed by atoms with Gasteiger partial charge < -0.3 is 10.0 Å². The Balaban J connectivity index is 0.000000147. The zero-order valence-electron chi connectivity index (χ0n) is 25.8. The van der Waals surface area contributed by atoms with Crippen LogP contribution in [0.3, 0.4) is 0 Å². The number of benzene rings is 8. The normalized spacial score (nSPS) is 10.5. The Kier molecular flexibility index (Phi) is 11.2. The number of hydrogen-bond donors (Lipinski definition) is 2. The molecule has 8 rings (SSSR count). The molecule has 8 aromatic rings. The van der Waals surface area contributed by atoms with E-state index in [-0.39, 0.29) is 8.41 Å². The molecule has 0 saturated heterocycles. The molecule has 0 atom stereocenters. The number of hydrogen-bond acceptors (Lipinski definition) is 2. The third-order valence-corrected chi connectivity index (χ3v) is 8.75. The molecule has 0 aromatic heterocycles. The second kappa shape index (κ2) is 15.5. The van der Waals surface area contributed by atoms with E-state index >= 15 is 0 Å². The first kappa shape index (κ1) is 34.0. The van der Waals surface area contributed by atoms with Gasteiger partial charge in [0.05, 0.1) is 0 Å². The fraction of sp³-hybridized carbons (Fsp3) is 0.0244. The van der Waals surface area contributed by atoms with Gasteiger partial charge in [0.1, 0.15) is 0 Å². The summed E-state index contributed by atoms with van der Waals surface area (Å²) in [6, 6.07) is 53.8. The second-order valence-corrected chi connectivity index (χ2v) is 12.5. The van der Waals surface area contributed by atoms with Crippen LogP contribution in [0, 0.1) is 6.92 Å². The largest absolute Gasteiger partial charge is 0.488 e. The minimum Gasteiger partial charge on any atom is -0.423 e. The van der Waals surface area contributed by atoms with Crippen molar-refractivity contribution in [3.63, 3.8) is 0 Å². The lowest BCUT2D eigenvalue weighted by molar-refractivity contribution is 0.426. The zero-order chi connectivity index (χ0) is 32.0. The SMILES string of the molecule is Brc1ccc2ccc3ccccc3c2c1.Cc1ccc(B(O)O)cc1.Clc1ccc(-c2ccc3ccc4ccccc4c3c2)cc1.[B]. The quantitative estimate of drug-likeness (QED) is 0.140. The van der Waals surface area contributed by atoms with E-state index in [1.165, 1.54) is 54.2 Å². The highest BCUT2D eigenvalue weighted by Crippen LogP contribution is 2.31. The summed E-state index contributed by atoms with van der Waals surface area (Å²) in [7, 11) is -1.35. The maximum Gasteiger partial charge on any atom is 0.488 e. The van der Waals surface area contributed by atoms with Crippen LogP contribution < -0.4 is 5.46 Å². The fourth-order valence-electron chi connectivity index (χ4n) is 5.54. The van der Waals surface area contributed by atoms with Crippen LogP contribution in [0.25, 0.3) is 54.2 Å². The molecule has 0 aliphatic heterocycles. The average Bonchev–Trinajstić information content (AvgIpc) is 3.09. The summed E-state index contributed by atoms with van der Waals surface area (Å²) in [5.41, 5.74) is 4.06. The predicted octanol–water partition coefficient (Wildman–Crippen LogP) is 10.4. The Labute approximate surface area is 291 Å². The summed E-state index contributed by atoms with van der Waals surface area (Å²) >= 11 is 9.49. The first-order valence-electron chi connectivity index (χ1n) is 15.0. The number of aryl methyl sites for hydroxylation is 1. The molecule has 0 aliphatic rings. The summed E-state index contributed by atoms with van der Waals surface area (Å²) < 4.78 is 1.13. The Hall–Kier alpha value is -4.38. The van der Waals surface area contributed by atoms with Crippen LogP contribution in [-0.2, 0) is 0 Å². The van der Waals surface area contributed by atoms with Crippen LogP contribution in [0.2, 0.25) is 5.02 Å². The molecule has 0 saturated carbocycles. The molecule has 2 nitrogen and oxygen atoms in total. The topological polar surface area (TPSA) is 40.5 Å². The summed E-state index contributed by atoms with van der Waals surface area (Å²) in [5.74, 6) is 0. The molecule has 227 valence electrons. The van der Waals surface area contributed by atoms with Crippen molar-refractivity contribution >= 4 is 91.6 Å². The maximum atomic E-state index is 8.67. The van der Waals surface area contributed by atoms with E-state index in [2.05, 4.69) is 137 Å². The van der Waals surface area contributed by atoms with Crippen molar-refractivity contribution in [1.82, 2.24) is 0 Å². The highest BCUT2D eigenvalue weighted by Gasteiger charge is 2.08. The van der Waals surface area contributed by atoms with Crippen LogP contribution in [0.1, 0.15) is 5.56 Å². The molecule has 8 aromatic carbocycles. The molecule has 0 aliphatic carbocycles. The second-order valence-electron chi connectivity index (χ2n) is 11.2. The highest BCUT2D eigenvalue weighted by atomic mass is 79.9. The monoisotopic (exact) mass is 691 g/mol. The van der Waals surface area contributed by atoms with Gasteiger partial charge in [0.2, 0.25) is 0 Å². The van der Waals surface area contributed by atoms with Crippen molar-refractivity contribution < 1.29 is 10.0 Å². The molecule has 0 amide bonds. The van der Waals surface area contributed by atoms with Crippen LogP contribution >= 0.6 is 27.5 Å². The summed E-state index contributed by atoms with van der Waals surface area (Å²) in [4.78, 5) is 0. The molecule has 0 fully saturated rings. The molecule has 0 bridgehead atoms. The Morgan fingerprint density at radius 2 is 0.936 bits per heavy atom. The average molecular weight is 693 g/mol. The van der Waals surface area contributed by atoms with Gasteiger partial charge in [-0.1, -0.05) is 160 Å². The van der Waals surface area contributed by atoms with Crippen molar-refractivity contribution in [2.24, 2.45) is 0 Å². The number of rotatable bonds is 2. The molecule has 0 spiro atoms. The molecule has 0 unspecified atom stereocenters. The maximum absolute atomic E-state index is 8.67. The smallest absolute Gasteiger partial charge is 0.423 e. The van der Waals surface area contributed by atoms with E-state index in [4.69, 9.17) is 21.6 Å². The van der Waals surface area contributed by atoms with Crippen molar-refractivity contribution in [2.45, 2.75) is 6.92 Å². The highest BCUT2D eigenvalue weighted by molar-refractivity contribution is 9.10. The molecule has 0 heterocycles. The third kappa shape index (κ3) is 8.13. The number of fused-ring (bicyclic) bond motifs is 6. The van der Waals surface area contributed by atoms with Crippen LogP contribution in [0.5, 0.6) is 0 Å². The summed E-state index contributed by atoms with van der Waals surface area (Å²) in [6.45, 7) is 1.95. The van der Waals surface area contributed by atoms with Crippen molar-refractivity contribution in [2.75, 3.05) is 0 Å². The van der Waals surface area contributed by atoms with E-state index in [9.17, 15) is 0 Å². The predicted molar refractivity (Wildman–Crippen MR) is 208 cm³/mol. The molecule has 2 N–H and O–H groups in total. The van der Waals surface area contributed by atoms with Gasteiger partial charge >= 0.3 is 7.12 Å². The molecular formula is C41H31B2BrClO2. The third-order valence-electron chi connectivity index (χ3n) is 8.01. The summed E-state index contributed by atoms with van der Waals surface area (Å²) in [6.07, 6.45) is 0. The van der Waals surface area contributed by atoms with Crippen molar-refractivity contribution in [1.29, 1.82) is 0 Å². The molecule has 3 radical (unpaired) electrons. The minimum absolute atomic E-state index is 0. The van der Waals surface area contributed by atoms with Gasteiger partial charge in [-0.2, -0.15) is 0 Å². The van der Waals surface area contributed by atoms with E-state index in [0.29, 0.717) is 5.46 Å².